The lowest BCUT2D eigenvalue weighted by molar-refractivity contribution is 0.354. The summed E-state index contributed by atoms with van der Waals surface area (Å²) >= 11 is 0. The lowest BCUT2D eigenvalue weighted by atomic mass is 9.86. The molecule has 0 bridgehead atoms. The zero-order valence-corrected chi connectivity index (χ0v) is 8.24. The normalized spacial score (nSPS) is 25.3. The zero-order valence-electron chi connectivity index (χ0n) is 8.24. The van der Waals surface area contributed by atoms with Crippen LogP contribution in [0.5, 0.6) is 0 Å². The molecule has 0 amide bonds. The Balaban J connectivity index is 2.14. The maximum Gasteiger partial charge on any atom is 0.00315 e. The molecule has 0 heterocycles. The fourth-order valence-corrected chi connectivity index (χ4v) is 2.48. The first-order valence-electron chi connectivity index (χ1n) is 5.16. The molecule has 2 fully saturated rings. The van der Waals surface area contributed by atoms with Crippen molar-refractivity contribution in [2.75, 3.05) is 0 Å². The molecule has 2 rings (SSSR count). The Bertz CT molecular complexity index is 241. The van der Waals surface area contributed by atoms with Crippen molar-refractivity contribution in [3.05, 3.63) is 16.9 Å². The van der Waals surface area contributed by atoms with E-state index in [0.717, 1.165) is 0 Å². The van der Waals surface area contributed by atoms with Crippen LogP contribution in [0, 0.1) is 5.41 Å². The van der Waals surface area contributed by atoms with E-state index in [1.807, 2.05) is 0 Å². The van der Waals surface area contributed by atoms with Gasteiger partial charge in [0.25, 0.3) is 0 Å². The third kappa shape index (κ3) is 1.36. The molecule has 0 heteroatoms. The summed E-state index contributed by atoms with van der Waals surface area (Å²) in [6.07, 6.45) is 8.62. The van der Waals surface area contributed by atoms with E-state index in [0.29, 0.717) is 5.41 Å². The number of rotatable bonds is 0. The first-order valence-corrected chi connectivity index (χ1v) is 5.16. The zero-order chi connectivity index (χ0) is 8.60. The highest BCUT2D eigenvalue weighted by Crippen LogP contribution is 2.60. The second-order valence-corrected chi connectivity index (χ2v) is 4.62. The molecule has 0 aromatic carbocycles. The van der Waals surface area contributed by atoms with Crippen LogP contribution in [0.2, 0.25) is 0 Å². The molecule has 0 saturated heterocycles. The molecule has 12 heavy (non-hydrogen) atoms. The minimum absolute atomic E-state index is 0.662. The molecule has 0 aromatic heterocycles. The maximum absolute atomic E-state index is 3.51. The van der Waals surface area contributed by atoms with E-state index in [4.69, 9.17) is 0 Å². The summed E-state index contributed by atoms with van der Waals surface area (Å²) in [5, 5.41) is 0. The maximum atomic E-state index is 3.51. The van der Waals surface area contributed by atoms with E-state index < -0.39 is 0 Å². The molecule has 0 atom stereocenters. The second kappa shape index (κ2) is 2.78. The molecule has 2 aliphatic carbocycles. The van der Waals surface area contributed by atoms with Crippen LogP contribution < -0.4 is 0 Å². The van der Waals surface area contributed by atoms with Gasteiger partial charge in [-0.2, -0.15) is 0 Å². The van der Waals surface area contributed by atoms with Gasteiger partial charge in [0.15, 0.2) is 0 Å². The molecule has 0 aromatic rings. The van der Waals surface area contributed by atoms with Crippen LogP contribution >= 0.6 is 0 Å². The van der Waals surface area contributed by atoms with Crippen molar-refractivity contribution in [1.82, 2.24) is 0 Å². The van der Waals surface area contributed by atoms with Gasteiger partial charge in [-0.3, -0.25) is 0 Å². The van der Waals surface area contributed by atoms with Crippen molar-refractivity contribution in [3.63, 3.8) is 0 Å². The predicted octanol–water partition coefficient (Wildman–Crippen LogP) is 3.83. The summed E-state index contributed by atoms with van der Waals surface area (Å²) in [5.74, 6) is 0. The first kappa shape index (κ1) is 8.13. The van der Waals surface area contributed by atoms with Crippen molar-refractivity contribution in [3.8, 4) is 0 Å². The van der Waals surface area contributed by atoms with Gasteiger partial charge in [-0.1, -0.05) is 19.3 Å². The van der Waals surface area contributed by atoms with Gasteiger partial charge in [0.05, 0.1) is 0 Å². The van der Waals surface area contributed by atoms with E-state index >= 15 is 0 Å². The number of allylic oxidation sites excluding steroid dienone is 1. The topological polar surface area (TPSA) is 0 Å². The molecular weight excluding hydrogens is 144 g/mol. The van der Waals surface area contributed by atoms with Crippen molar-refractivity contribution in [2.45, 2.75) is 52.4 Å². The third-order valence-electron chi connectivity index (χ3n) is 3.24. The summed E-state index contributed by atoms with van der Waals surface area (Å²) in [6.45, 7) is 4.31. The Morgan fingerprint density at radius 2 is 1.83 bits per heavy atom. The summed E-state index contributed by atoms with van der Waals surface area (Å²) < 4.78 is 0. The van der Waals surface area contributed by atoms with Crippen LogP contribution in [0.15, 0.2) is 16.9 Å². The van der Waals surface area contributed by atoms with Crippen LogP contribution in [0.1, 0.15) is 52.4 Å². The van der Waals surface area contributed by atoms with E-state index in [-0.39, 0.29) is 0 Å². The van der Waals surface area contributed by atoms with Crippen molar-refractivity contribution in [2.24, 2.45) is 5.41 Å². The van der Waals surface area contributed by atoms with Crippen molar-refractivity contribution in [1.29, 1.82) is 0 Å². The summed E-state index contributed by atoms with van der Waals surface area (Å²) in [6, 6.07) is 0. The lowest BCUT2D eigenvalue weighted by Gasteiger charge is -2.19. The van der Waals surface area contributed by atoms with Gasteiger partial charge in [0.2, 0.25) is 0 Å². The minimum Gasteiger partial charge on any atom is -0.123 e. The summed E-state index contributed by atoms with van der Waals surface area (Å²) in [4.78, 5) is 0. The Hall–Kier alpha value is -0.480. The van der Waals surface area contributed by atoms with E-state index in [1.165, 1.54) is 44.1 Å². The smallest absolute Gasteiger partial charge is 0.00315 e. The second-order valence-electron chi connectivity index (χ2n) is 4.62. The monoisotopic (exact) mass is 162 g/mol. The molecule has 0 unspecified atom stereocenters. The van der Waals surface area contributed by atoms with Gasteiger partial charge in [-0.25, -0.2) is 0 Å². The average molecular weight is 162 g/mol. The Labute approximate surface area is 75.4 Å². The molecule has 0 nitrogen and oxygen atoms in total. The first-order chi connectivity index (χ1) is 5.73. The van der Waals surface area contributed by atoms with Crippen LogP contribution in [0.3, 0.4) is 0 Å². The van der Waals surface area contributed by atoms with Gasteiger partial charge >= 0.3 is 0 Å². The predicted molar refractivity (Wildman–Crippen MR) is 52.0 cm³/mol. The summed E-state index contributed by atoms with van der Waals surface area (Å²) in [7, 11) is 0. The van der Waals surface area contributed by atoms with Gasteiger partial charge in [0.1, 0.15) is 0 Å². The SMILES string of the molecule is CC(C)=C=C1CC12CCCCC2. The molecule has 0 aliphatic heterocycles. The highest BCUT2D eigenvalue weighted by molar-refractivity contribution is 5.33. The van der Waals surface area contributed by atoms with Crippen molar-refractivity contribution >= 4 is 0 Å². The van der Waals surface area contributed by atoms with Crippen LogP contribution in [0.4, 0.5) is 0 Å². The molecule has 2 saturated carbocycles. The Morgan fingerprint density at radius 3 is 2.42 bits per heavy atom. The van der Waals surface area contributed by atoms with Gasteiger partial charge in [-0.05, 0) is 44.3 Å². The van der Waals surface area contributed by atoms with Gasteiger partial charge < -0.3 is 0 Å². The van der Waals surface area contributed by atoms with E-state index in [1.54, 1.807) is 5.57 Å². The molecular formula is C12H18. The number of hydrogen-bond acceptors (Lipinski definition) is 0. The Morgan fingerprint density at radius 1 is 1.17 bits per heavy atom. The highest BCUT2D eigenvalue weighted by Gasteiger charge is 2.48. The van der Waals surface area contributed by atoms with Gasteiger partial charge in [0, 0.05) is 5.41 Å². The van der Waals surface area contributed by atoms with E-state index in [9.17, 15) is 0 Å². The Kier molecular flexibility index (Phi) is 1.88. The molecule has 66 valence electrons. The van der Waals surface area contributed by atoms with Gasteiger partial charge in [-0.15, -0.1) is 5.73 Å². The standard InChI is InChI=1S/C12H18/c1-10(2)8-11-9-12(11)6-4-3-5-7-12/h3-7,9H2,1-2H3. The molecule has 0 N–H and O–H groups in total. The lowest BCUT2D eigenvalue weighted by Crippen LogP contribution is -2.06. The highest BCUT2D eigenvalue weighted by atomic mass is 14.5. The van der Waals surface area contributed by atoms with Crippen LogP contribution in [0.25, 0.3) is 0 Å². The molecule has 0 radical (unpaired) electrons. The summed E-state index contributed by atoms with van der Waals surface area (Å²) in [5.41, 5.74) is 7.15. The fraction of sp³-hybridized carbons (Fsp3) is 0.750. The van der Waals surface area contributed by atoms with Crippen LogP contribution in [-0.2, 0) is 0 Å². The largest absolute Gasteiger partial charge is 0.123 e. The fourth-order valence-electron chi connectivity index (χ4n) is 2.48. The molecule has 1 spiro atoms. The number of hydrogen-bond donors (Lipinski definition) is 0. The molecule has 2 aliphatic rings. The minimum atomic E-state index is 0.662. The quantitative estimate of drug-likeness (QED) is 0.475. The average Bonchev–Trinajstić information content (AvgIpc) is 2.63. The van der Waals surface area contributed by atoms with Crippen molar-refractivity contribution < 1.29 is 0 Å². The van der Waals surface area contributed by atoms with Crippen LogP contribution in [-0.4, -0.2) is 0 Å². The van der Waals surface area contributed by atoms with E-state index in [2.05, 4.69) is 19.6 Å². The third-order valence-corrected chi connectivity index (χ3v) is 3.24.